The van der Waals surface area contributed by atoms with Crippen molar-refractivity contribution >= 4 is 23.7 Å². The number of amides is 1. The van der Waals surface area contributed by atoms with Gasteiger partial charge in [-0.2, -0.15) is 0 Å². The molecule has 0 bridgehead atoms. The van der Waals surface area contributed by atoms with Crippen LogP contribution in [-0.2, 0) is 15.9 Å². The van der Waals surface area contributed by atoms with Gasteiger partial charge in [-0.1, -0.05) is 23.7 Å². The Morgan fingerprint density at radius 1 is 1.00 bits per heavy atom. The van der Waals surface area contributed by atoms with Gasteiger partial charge in [0, 0.05) is 11.6 Å². The van der Waals surface area contributed by atoms with Crippen LogP contribution < -0.4 is 39.6 Å². The number of hydrogen-bond donors (Lipinski definition) is 1. The van der Waals surface area contributed by atoms with Crippen molar-refractivity contribution in [1.82, 2.24) is 5.32 Å². The average Bonchev–Trinajstić information content (AvgIpc) is 2.69. The minimum atomic E-state index is -0.621. The number of benzene rings is 2. The predicted molar refractivity (Wildman–Crippen MR) is 103 cm³/mol. The van der Waals surface area contributed by atoms with Crippen molar-refractivity contribution in [1.29, 1.82) is 0 Å². The van der Waals surface area contributed by atoms with E-state index in [1.165, 1.54) is 12.7 Å². The van der Waals surface area contributed by atoms with Gasteiger partial charge >= 0.3 is 41.6 Å². The van der Waals surface area contributed by atoms with Crippen LogP contribution in [0.25, 0.3) is 0 Å². The second-order valence-corrected chi connectivity index (χ2v) is 6.16. The first-order valence-electron chi connectivity index (χ1n) is 8.55. The molecule has 8 heteroatoms. The van der Waals surface area contributed by atoms with Crippen LogP contribution >= 0.6 is 11.6 Å². The fourth-order valence-corrected chi connectivity index (χ4v) is 2.42. The largest absolute Gasteiger partial charge is 1.00 e. The van der Waals surface area contributed by atoms with E-state index in [4.69, 9.17) is 25.8 Å². The Morgan fingerprint density at radius 3 is 2.32 bits per heavy atom. The van der Waals surface area contributed by atoms with E-state index in [-0.39, 0.29) is 31.0 Å². The van der Waals surface area contributed by atoms with Crippen molar-refractivity contribution in [2.45, 2.75) is 19.3 Å². The summed E-state index contributed by atoms with van der Waals surface area (Å²) in [5.41, 5.74) is 1.55. The summed E-state index contributed by atoms with van der Waals surface area (Å²) in [5, 5.41) is 3.33. The second kappa shape index (κ2) is 13.4. The maximum atomic E-state index is 11.8. The molecule has 0 spiro atoms. The fourth-order valence-electron chi connectivity index (χ4n) is 2.29. The molecule has 0 radical (unpaired) electrons. The Hall–Kier alpha value is -1.73. The minimum absolute atomic E-state index is 0. The van der Waals surface area contributed by atoms with Crippen molar-refractivity contribution in [3.63, 3.8) is 0 Å². The molecule has 2 aromatic rings. The normalized spacial score (nSPS) is 9.79. The summed E-state index contributed by atoms with van der Waals surface area (Å²) >= 11 is 5.84. The first kappa shape index (κ1) is 24.3. The van der Waals surface area contributed by atoms with Gasteiger partial charge < -0.3 is 21.0 Å². The number of halogens is 1. The Morgan fingerprint density at radius 2 is 1.68 bits per heavy atom. The summed E-state index contributed by atoms with van der Waals surface area (Å²) in [6.45, 7) is 0.0420. The first-order valence-corrected chi connectivity index (χ1v) is 8.92. The van der Waals surface area contributed by atoms with Crippen molar-refractivity contribution in [2.75, 3.05) is 20.4 Å². The van der Waals surface area contributed by atoms with E-state index >= 15 is 0 Å². The van der Waals surface area contributed by atoms with Crippen molar-refractivity contribution < 1.29 is 54.8 Å². The zero-order chi connectivity index (χ0) is 19.5. The summed E-state index contributed by atoms with van der Waals surface area (Å²) in [6, 6.07) is 14.1. The Balaban J connectivity index is 0.00000392. The molecule has 146 valence electrons. The monoisotopic (exact) mass is 415 g/mol. The Labute approximate surface area is 193 Å². The Bertz CT molecular complexity index is 744. The van der Waals surface area contributed by atoms with Crippen LogP contribution in [0.4, 0.5) is 4.79 Å². The summed E-state index contributed by atoms with van der Waals surface area (Å²) in [4.78, 5) is 23.4. The molecule has 0 saturated heterocycles. The van der Waals surface area contributed by atoms with Gasteiger partial charge in [0.05, 0.1) is 12.7 Å². The molecule has 0 atom stereocenters. The number of alkyl carbamates (subject to hydrolysis) is 1. The van der Waals surface area contributed by atoms with E-state index in [2.05, 4.69) is 5.32 Å². The number of esters is 1. The van der Waals surface area contributed by atoms with Crippen LogP contribution in [0.3, 0.4) is 0 Å². The third-order valence-corrected chi connectivity index (χ3v) is 4.03. The van der Waals surface area contributed by atoms with Crippen LogP contribution in [0.2, 0.25) is 5.02 Å². The standard InChI is InChI=1S/C20H22ClNO5.Na.H/c1-25-18-11-7-16(8-12-18)19(23)26-14-27-20(24)22-13-3-2-4-15-5-9-17(21)10-6-15;;/h5-12H,2-4,13-14H2,1H3,(H,22,24);;/q;+1;-1. The quantitative estimate of drug-likeness (QED) is 0.289. The molecule has 28 heavy (non-hydrogen) atoms. The maximum absolute atomic E-state index is 11.8. The molecule has 0 heterocycles. The number of ether oxygens (including phenoxy) is 3. The number of rotatable bonds is 9. The van der Waals surface area contributed by atoms with Crippen LogP contribution in [0.5, 0.6) is 5.75 Å². The first-order chi connectivity index (χ1) is 13.1. The van der Waals surface area contributed by atoms with Gasteiger partial charge in [0.15, 0.2) is 0 Å². The maximum Gasteiger partial charge on any atom is 1.00 e. The van der Waals surface area contributed by atoms with E-state index in [1.54, 1.807) is 24.3 Å². The average molecular weight is 416 g/mol. The number of nitrogens with one attached hydrogen (secondary N) is 1. The van der Waals surface area contributed by atoms with Gasteiger partial charge in [-0.15, -0.1) is 0 Å². The molecule has 0 aliphatic rings. The van der Waals surface area contributed by atoms with Crippen molar-refractivity contribution in [3.8, 4) is 5.75 Å². The predicted octanol–water partition coefficient (Wildman–Crippen LogP) is 1.33. The molecule has 0 aliphatic heterocycles. The third kappa shape index (κ3) is 8.97. The number of aryl methyl sites for hydroxylation is 1. The summed E-state index contributed by atoms with van der Waals surface area (Å²) in [6.07, 6.45) is 2.02. The molecule has 0 fully saturated rings. The minimum Gasteiger partial charge on any atom is -1.00 e. The van der Waals surface area contributed by atoms with Crippen LogP contribution in [-0.4, -0.2) is 32.5 Å². The third-order valence-electron chi connectivity index (χ3n) is 3.78. The molecule has 2 rings (SSSR count). The second-order valence-electron chi connectivity index (χ2n) is 5.72. The van der Waals surface area contributed by atoms with Gasteiger partial charge in [-0.25, -0.2) is 9.59 Å². The topological polar surface area (TPSA) is 73.9 Å². The van der Waals surface area contributed by atoms with E-state index < -0.39 is 18.9 Å². The van der Waals surface area contributed by atoms with Gasteiger partial charge in [0.25, 0.3) is 0 Å². The number of hydrogen-bond acceptors (Lipinski definition) is 5. The Kier molecular flexibility index (Phi) is 11.7. The molecular weight excluding hydrogens is 393 g/mol. The molecule has 0 unspecified atom stereocenters. The van der Waals surface area contributed by atoms with Gasteiger partial charge in [0.2, 0.25) is 6.79 Å². The van der Waals surface area contributed by atoms with Gasteiger partial charge in [-0.05, 0) is 61.2 Å². The number of carbonyl (C=O) groups excluding carboxylic acids is 2. The molecule has 0 aromatic heterocycles. The smallest absolute Gasteiger partial charge is 1.00 e. The number of carbonyl (C=O) groups is 2. The molecule has 0 saturated carbocycles. The molecular formula is C20H23ClNNaO5. The molecule has 1 amide bonds. The van der Waals surface area contributed by atoms with Gasteiger partial charge in [0.1, 0.15) is 5.75 Å². The van der Waals surface area contributed by atoms with Crippen LogP contribution in [0, 0.1) is 0 Å². The van der Waals surface area contributed by atoms with E-state index in [1.807, 2.05) is 24.3 Å². The van der Waals surface area contributed by atoms with Crippen LogP contribution in [0.15, 0.2) is 48.5 Å². The summed E-state index contributed by atoms with van der Waals surface area (Å²) in [7, 11) is 1.54. The molecule has 2 aromatic carbocycles. The number of methoxy groups -OCH3 is 1. The molecule has 0 aliphatic carbocycles. The van der Waals surface area contributed by atoms with E-state index in [0.717, 1.165) is 24.3 Å². The molecule has 1 N–H and O–H groups in total. The van der Waals surface area contributed by atoms with Gasteiger partial charge in [-0.3, -0.25) is 0 Å². The van der Waals surface area contributed by atoms with Crippen molar-refractivity contribution in [3.05, 3.63) is 64.7 Å². The summed E-state index contributed by atoms with van der Waals surface area (Å²) in [5.74, 6) is 0.0617. The zero-order valence-corrected chi connectivity index (χ0v) is 18.8. The SMILES string of the molecule is COc1ccc(C(=O)OCOC(=O)NCCCCc2ccc(Cl)cc2)cc1.[H-].[Na+]. The fraction of sp³-hybridized carbons (Fsp3) is 0.300. The molecule has 6 nitrogen and oxygen atoms in total. The van der Waals surface area contributed by atoms with E-state index in [0.29, 0.717) is 17.9 Å². The van der Waals surface area contributed by atoms with Crippen LogP contribution in [0.1, 0.15) is 30.2 Å². The zero-order valence-electron chi connectivity index (χ0n) is 17.1. The summed E-state index contributed by atoms with van der Waals surface area (Å²) < 4.78 is 14.7. The number of unbranched alkanes of at least 4 members (excludes halogenated alkanes) is 1. The van der Waals surface area contributed by atoms with Crippen molar-refractivity contribution in [2.24, 2.45) is 0 Å². The van der Waals surface area contributed by atoms with E-state index in [9.17, 15) is 9.59 Å².